The number of nitrogens with zero attached hydrogens (tertiary/aromatic N) is 1. The predicted molar refractivity (Wildman–Crippen MR) is 70.5 cm³/mol. The molecule has 0 spiro atoms. The number of oxazole rings is 1. The standard InChI is InChI=1S/C14H24N2O2/c1-2-8-15-9-5-7-14-16-11-13(18-14)12-6-3-4-10-17-12/h11-12,15H,2-10H2,1H3. The lowest BCUT2D eigenvalue weighted by Crippen LogP contribution is -2.16. The first kappa shape index (κ1) is 13.6. The molecule has 0 radical (unpaired) electrons. The molecule has 1 aliphatic heterocycles. The minimum Gasteiger partial charge on any atom is -0.443 e. The Morgan fingerprint density at radius 2 is 2.33 bits per heavy atom. The molecule has 102 valence electrons. The zero-order valence-electron chi connectivity index (χ0n) is 11.3. The fraction of sp³-hybridized carbons (Fsp3) is 0.786. The van der Waals surface area contributed by atoms with Crippen molar-refractivity contribution in [3.05, 3.63) is 17.8 Å². The second kappa shape index (κ2) is 7.54. The van der Waals surface area contributed by atoms with Crippen LogP contribution in [-0.2, 0) is 11.2 Å². The van der Waals surface area contributed by atoms with E-state index in [1.54, 1.807) is 0 Å². The molecule has 1 atom stereocenters. The molecule has 1 fully saturated rings. The van der Waals surface area contributed by atoms with Crippen LogP contribution in [0.15, 0.2) is 10.6 Å². The summed E-state index contributed by atoms with van der Waals surface area (Å²) in [6.07, 6.45) is 8.59. The van der Waals surface area contributed by atoms with E-state index >= 15 is 0 Å². The summed E-state index contributed by atoms with van der Waals surface area (Å²) in [6, 6.07) is 0. The molecule has 1 aromatic rings. The zero-order valence-corrected chi connectivity index (χ0v) is 11.3. The highest BCUT2D eigenvalue weighted by Crippen LogP contribution is 2.28. The van der Waals surface area contributed by atoms with E-state index in [4.69, 9.17) is 9.15 Å². The molecule has 18 heavy (non-hydrogen) atoms. The Morgan fingerprint density at radius 1 is 1.39 bits per heavy atom. The van der Waals surface area contributed by atoms with Crippen molar-refractivity contribution < 1.29 is 9.15 Å². The Labute approximate surface area is 109 Å². The number of rotatable bonds is 7. The molecule has 0 aromatic carbocycles. The molecule has 2 heterocycles. The fourth-order valence-electron chi connectivity index (χ4n) is 2.22. The van der Waals surface area contributed by atoms with Crippen LogP contribution < -0.4 is 5.32 Å². The third-order valence-electron chi connectivity index (χ3n) is 3.24. The summed E-state index contributed by atoms with van der Waals surface area (Å²) in [4.78, 5) is 4.33. The molecule has 4 nitrogen and oxygen atoms in total. The summed E-state index contributed by atoms with van der Waals surface area (Å²) in [5.41, 5.74) is 0. The van der Waals surface area contributed by atoms with Gasteiger partial charge in [0.1, 0.15) is 6.10 Å². The van der Waals surface area contributed by atoms with Crippen LogP contribution in [-0.4, -0.2) is 24.7 Å². The van der Waals surface area contributed by atoms with Crippen molar-refractivity contribution in [2.24, 2.45) is 0 Å². The summed E-state index contributed by atoms with van der Waals surface area (Å²) in [7, 11) is 0. The van der Waals surface area contributed by atoms with Crippen LogP contribution in [0.5, 0.6) is 0 Å². The quantitative estimate of drug-likeness (QED) is 0.758. The lowest BCUT2D eigenvalue weighted by molar-refractivity contribution is 0.00127. The second-order valence-corrected chi connectivity index (χ2v) is 4.87. The number of ether oxygens (including phenoxy) is 1. The largest absolute Gasteiger partial charge is 0.443 e. The third-order valence-corrected chi connectivity index (χ3v) is 3.24. The van der Waals surface area contributed by atoms with E-state index in [1.165, 1.54) is 19.3 Å². The van der Waals surface area contributed by atoms with Gasteiger partial charge in [-0.05, 0) is 45.2 Å². The first-order chi connectivity index (χ1) is 8.90. The van der Waals surface area contributed by atoms with E-state index in [-0.39, 0.29) is 6.10 Å². The van der Waals surface area contributed by atoms with Crippen LogP contribution in [0.3, 0.4) is 0 Å². The Morgan fingerprint density at radius 3 is 3.11 bits per heavy atom. The highest BCUT2D eigenvalue weighted by molar-refractivity contribution is 4.99. The SMILES string of the molecule is CCCNCCCc1ncc(C2CCCCO2)o1. The number of aryl methyl sites for hydroxylation is 1. The Hall–Kier alpha value is -0.870. The average molecular weight is 252 g/mol. The first-order valence-electron chi connectivity index (χ1n) is 7.17. The maximum Gasteiger partial charge on any atom is 0.194 e. The molecule has 0 amide bonds. The van der Waals surface area contributed by atoms with Gasteiger partial charge in [0.15, 0.2) is 11.7 Å². The molecule has 2 rings (SSSR count). The van der Waals surface area contributed by atoms with Gasteiger partial charge in [-0.3, -0.25) is 0 Å². The molecule has 1 saturated heterocycles. The van der Waals surface area contributed by atoms with Gasteiger partial charge in [0.05, 0.1) is 6.20 Å². The maximum atomic E-state index is 5.77. The Balaban J connectivity index is 1.72. The topological polar surface area (TPSA) is 47.3 Å². The summed E-state index contributed by atoms with van der Waals surface area (Å²) in [5.74, 6) is 1.75. The molecule has 1 aromatic heterocycles. The highest BCUT2D eigenvalue weighted by atomic mass is 16.5. The van der Waals surface area contributed by atoms with Gasteiger partial charge in [0.25, 0.3) is 0 Å². The van der Waals surface area contributed by atoms with Gasteiger partial charge >= 0.3 is 0 Å². The predicted octanol–water partition coefficient (Wildman–Crippen LogP) is 2.85. The lowest BCUT2D eigenvalue weighted by Gasteiger charge is -2.19. The van der Waals surface area contributed by atoms with Crippen molar-refractivity contribution in [1.29, 1.82) is 0 Å². The van der Waals surface area contributed by atoms with Crippen LogP contribution in [0.4, 0.5) is 0 Å². The summed E-state index contributed by atoms with van der Waals surface area (Å²) in [6.45, 7) is 5.15. The van der Waals surface area contributed by atoms with E-state index < -0.39 is 0 Å². The molecule has 1 unspecified atom stereocenters. The van der Waals surface area contributed by atoms with E-state index in [1.807, 2.05) is 6.20 Å². The van der Waals surface area contributed by atoms with E-state index in [9.17, 15) is 0 Å². The van der Waals surface area contributed by atoms with Crippen molar-refractivity contribution in [2.75, 3.05) is 19.7 Å². The Bertz CT molecular complexity index is 332. The Kier molecular flexibility index (Phi) is 5.68. The van der Waals surface area contributed by atoms with Crippen LogP contribution >= 0.6 is 0 Å². The number of aromatic nitrogens is 1. The highest BCUT2D eigenvalue weighted by Gasteiger charge is 2.19. The normalized spacial score (nSPS) is 20.2. The molecule has 1 aliphatic rings. The monoisotopic (exact) mass is 252 g/mol. The zero-order chi connectivity index (χ0) is 12.6. The van der Waals surface area contributed by atoms with E-state index in [2.05, 4.69) is 17.2 Å². The third kappa shape index (κ3) is 4.10. The fourth-order valence-corrected chi connectivity index (χ4v) is 2.22. The molecule has 0 bridgehead atoms. The number of hydrogen-bond acceptors (Lipinski definition) is 4. The van der Waals surface area contributed by atoms with Crippen molar-refractivity contribution >= 4 is 0 Å². The van der Waals surface area contributed by atoms with Crippen LogP contribution in [0.25, 0.3) is 0 Å². The van der Waals surface area contributed by atoms with E-state index in [0.717, 1.165) is 50.6 Å². The van der Waals surface area contributed by atoms with Gasteiger partial charge in [-0.25, -0.2) is 4.98 Å². The lowest BCUT2D eigenvalue weighted by atomic mass is 10.1. The van der Waals surface area contributed by atoms with Gasteiger partial charge in [-0.1, -0.05) is 6.92 Å². The van der Waals surface area contributed by atoms with Crippen LogP contribution in [0.1, 0.15) is 56.8 Å². The smallest absolute Gasteiger partial charge is 0.194 e. The molecular formula is C14H24N2O2. The number of nitrogens with one attached hydrogen (secondary N) is 1. The summed E-state index contributed by atoms with van der Waals surface area (Å²) < 4.78 is 11.5. The molecule has 0 aliphatic carbocycles. The van der Waals surface area contributed by atoms with Gasteiger partial charge in [-0.15, -0.1) is 0 Å². The van der Waals surface area contributed by atoms with Crippen molar-refractivity contribution in [2.45, 2.75) is 51.6 Å². The first-order valence-corrected chi connectivity index (χ1v) is 7.17. The van der Waals surface area contributed by atoms with Crippen molar-refractivity contribution in [3.63, 3.8) is 0 Å². The molecule has 0 saturated carbocycles. The van der Waals surface area contributed by atoms with Gasteiger partial charge in [0, 0.05) is 13.0 Å². The van der Waals surface area contributed by atoms with Crippen LogP contribution in [0, 0.1) is 0 Å². The van der Waals surface area contributed by atoms with E-state index in [0.29, 0.717) is 0 Å². The summed E-state index contributed by atoms with van der Waals surface area (Å²) >= 11 is 0. The van der Waals surface area contributed by atoms with Gasteiger partial charge in [-0.2, -0.15) is 0 Å². The molecular weight excluding hydrogens is 228 g/mol. The molecule has 4 heteroatoms. The van der Waals surface area contributed by atoms with Gasteiger partial charge in [0.2, 0.25) is 0 Å². The second-order valence-electron chi connectivity index (χ2n) is 4.87. The number of hydrogen-bond donors (Lipinski definition) is 1. The van der Waals surface area contributed by atoms with Gasteiger partial charge < -0.3 is 14.5 Å². The minimum atomic E-state index is 0.137. The van der Waals surface area contributed by atoms with Crippen LogP contribution in [0.2, 0.25) is 0 Å². The minimum absolute atomic E-state index is 0.137. The van der Waals surface area contributed by atoms with Crippen molar-refractivity contribution in [1.82, 2.24) is 10.3 Å². The average Bonchev–Trinajstić information content (AvgIpc) is 2.88. The maximum absolute atomic E-state index is 5.77. The molecule has 1 N–H and O–H groups in total. The van der Waals surface area contributed by atoms with Crippen molar-refractivity contribution in [3.8, 4) is 0 Å². The summed E-state index contributed by atoms with van der Waals surface area (Å²) in [5, 5.41) is 3.38.